The molecule has 4 heteroatoms. The van der Waals surface area contributed by atoms with Crippen LogP contribution in [0.15, 0.2) is 22.7 Å². The Kier molecular flexibility index (Phi) is 3.72. The fourth-order valence-corrected chi connectivity index (χ4v) is 2.51. The normalized spacial score (nSPS) is 16.4. The summed E-state index contributed by atoms with van der Waals surface area (Å²) in [5.74, 6) is 0.828. The summed E-state index contributed by atoms with van der Waals surface area (Å²) in [6.07, 6.45) is 2.17. The summed E-state index contributed by atoms with van der Waals surface area (Å²) in [6, 6.07) is 5.69. The summed E-state index contributed by atoms with van der Waals surface area (Å²) >= 11 is 3.49. The molecule has 2 rings (SSSR count). The number of hydrogen-bond acceptors (Lipinski definition) is 3. The van der Waals surface area contributed by atoms with E-state index in [0.29, 0.717) is 5.92 Å². The maximum Gasteiger partial charge on any atom is 0.313 e. The van der Waals surface area contributed by atoms with E-state index in [1.165, 1.54) is 7.11 Å². The van der Waals surface area contributed by atoms with E-state index in [1.807, 2.05) is 18.2 Å². The van der Waals surface area contributed by atoms with E-state index in [4.69, 9.17) is 9.47 Å². The molecule has 0 radical (unpaired) electrons. The summed E-state index contributed by atoms with van der Waals surface area (Å²) < 4.78 is 11.0. The van der Waals surface area contributed by atoms with Crippen LogP contribution in [0.3, 0.4) is 0 Å². The van der Waals surface area contributed by atoms with Crippen LogP contribution < -0.4 is 4.74 Å². The third kappa shape index (κ3) is 2.63. The average molecular weight is 299 g/mol. The van der Waals surface area contributed by atoms with Crippen molar-refractivity contribution in [2.45, 2.75) is 18.8 Å². The standard InChI is InChI=1S/C13H15BrO3/c1-16-9-5-6-11(14)10(7-9)12(8-3-4-8)13(15)17-2/h5-8,12H,3-4H2,1-2H3. The Bertz CT molecular complexity index is 427. The topological polar surface area (TPSA) is 35.5 Å². The van der Waals surface area contributed by atoms with Gasteiger partial charge in [0.15, 0.2) is 0 Å². The van der Waals surface area contributed by atoms with Gasteiger partial charge in [0.05, 0.1) is 20.1 Å². The maximum atomic E-state index is 11.9. The summed E-state index contributed by atoms with van der Waals surface area (Å²) in [5.41, 5.74) is 0.957. The molecule has 3 nitrogen and oxygen atoms in total. The second-order valence-electron chi connectivity index (χ2n) is 4.23. The molecule has 1 unspecified atom stereocenters. The van der Waals surface area contributed by atoms with Crippen molar-refractivity contribution in [3.05, 3.63) is 28.2 Å². The Morgan fingerprint density at radius 1 is 1.41 bits per heavy atom. The van der Waals surface area contributed by atoms with Crippen molar-refractivity contribution in [2.75, 3.05) is 14.2 Å². The first kappa shape index (κ1) is 12.4. The fourth-order valence-electron chi connectivity index (χ4n) is 2.02. The average Bonchev–Trinajstić information content (AvgIpc) is 3.16. The van der Waals surface area contributed by atoms with Gasteiger partial charge in [-0.15, -0.1) is 0 Å². The Labute approximate surface area is 109 Å². The lowest BCUT2D eigenvalue weighted by molar-refractivity contribution is -0.143. The van der Waals surface area contributed by atoms with Gasteiger partial charge in [-0.2, -0.15) is 0 Å². The molecule has 17 heavy (non-hydrogen) atoms. The van der Waals surface area contributed by atoms with Gasteiger partial charge >= 0.3 is 5.97 Å². The number of ether oxygens (including phenoxy) is 2. The zero-order valence-electron chi connectivity index (χ0n) is 9.90. The number of benzene rings is 1. The highest BCUT2D eigenvalue weighted by Gasteiger charge is 2.39. The van der Waals surface area contributed by atoms with Crippen LogP contribution >= 0.6 is 15.9 Å². The monoisotopic (exact) mass is 298 g/mol. The predicted molar refractivity (Wildman–Crippen MR) is 68.2 cm³/mol. The van der Waals surface area contributed by atoms with Crippen LogP contribution in [0, 0.1) is 5.92 Å². The van der Waals surface area contributed by atoms with Gasteiger partial charge in [0.1, 0.15) is 5.75 Å². The summed E-state index contributed by atoms with van der Waals surface area (Å²) in [7, 11) is 3.06. The molecule has 92 valence electrons. The van der Waals surface area contributed by atoms with Gasteiger partial charge in [0.25, 0.3) is 0 Å². The van der Waals surface area contributed by atoms with Crippen LogP contribution in [0.5, 0.6) is 5.75 Å². The second kappa shape index (κ2) is 5.08. The van der Waals surface area contributed by atoms with E-state index in [2.05, 4.69) is 15.9 Å². The van der Waals surface area contributed by atoms with Crippen molar-refractivity contribution in [1.29, 1.82) is 0 Å². The lowest BCUT2D eigenvalue weighted by Crippen LogP contribution is -2.16. The van der Waals surface area contributed by atoms with Gasteiger partial charge < -0.3 is 9.47 Å². The molecule has 0 spiro atoms. The van der Waals surface area contributed by atoms with Crippen molar-refractivity contribution in [2.24, 2.45) is 5.92 Å². The molecule has 0 aliphatic heterocycles. The minimum atomic E-state index is -0.176. The van der Waals surface area contributed by atoms with Crippen LogP contribution in [-0.2, 0) is 9.53 Å². The fraction of sp³-hybridized carbons (Fsp3) is 0.462. The molecule has 1 aliphatic carbocycles. The molecule has 1 atom stereocenters. The first-order chi connectivity index (χ1) is 8.17. The molecule has 0 heterocycles. The molecule has 1 aliphatic rings. The number of rotatable bonds is 4. The summed E-state index contributed by atoms with van der Waals surface area (Å²) in [4.78, 5) is 11.9. The van der Waals surface area contributed by atoms with Crippen molar-refractivity contribution >= 4 is 21.9 Å². The van der Waals surface area contributed by atoms with E-state index in [9.17, 15) is 4.79 Å². The predicted octanol–water partition coefficient (Wildman–Crippen LogP) is 3.12. The van der Waals surface area contributed by atoms with Crippen LogP contribution in [0.4, 0.5) is 0 Å². The minimum absolute atomic E-state index is 0.165. The van der Waals surface area contributed by atoms with Crippen LogP contribution in [0.25, 0.3) is 0 Å². The number of hydrogen-bond donors (Lipinski definition) is 0. The zero-order chi connectivity index (χ0) is 12.4. The van der Waals surface area contributed by atoms with E-state index in [1.54, 1.807) is 7.11 Å². The maximum absolute atomic E-state index is 11.9. The molecule has 0 bridgehead atoms. The van der Waals surface area contributed by atoms with E-state index < -0.39 is 0 Å². The lowest BCUT2D eigenvalue weighted by Gasteiger charge is -2.16. The number of carbonyl (C=O) groups is 1. The van der Waals surface area contributed by atoms with Gasteiger partial charge in [-0.05, 0) is 42.5 Å². The van der Waals surface area contributed by atoms with Gasteiger partial charge in [0.2, 0.25) is 0 Å². The molecule has 1 aromatic rings. The van der Waals surface area contributed by atoms with E-state index in [0.717, 1.165) is 28.6 Å². The number of halogens is 1. The summed E-state index contributed by atoms with van der Waals surface area (Å²) in [5, 5.41) is 0. The molecular formula is C13H15BrO3. The molecule has 0 aromatic heterocycles. The number of esters is 1. The quantitative estimate of drug-likeness (QED) is 0.801. The zero-order valence-corrected chi connectivity index (χ0v) is 11.5. The Hall–Kier alpha value is -1.03. The number of methoxy groups -OCH3 is 2. The van der Waals surface area contributed by atoms with Crippen LogP contribution in [-0.4, -0.2) is 20.2 Å². The highest BCUT2D eigenvalue weighted by atomic mass is 79.9. The second-order valence-corrected chi connectivity index (χ2v) is 5.08. The van der Waals surface area contributed by atoms with Gasteiger partial charge in [-0.3, -0.25) is 4.79 Å². The highest BCUT2D eigenvalue weighted by Crippen LogP contribution is 2.45. The largest absolute Gasteiger partial charge is 0.497 e. The third-order valence-electron chi connectivity index (χ3n) is 3.09. The molecule has 1 aromatic carbocycles. The lowest BCUT2D eigenvalue weighted by atomic mass is 9.94. The molecule has 0 saturated heterocycles. The van der Waals surface area contributed by atoms with E-state index >= 15 is 0 Å². The van der Waals surface area contributed by atoms with Gasteiger partial charge in [-0.1, -0.05) is 15.9 Å². The van der Waals surface area contributed by atoms with Gasteiger partial charge in [0, 0.05) is 4.47 Å². The van der Waals surface area contributed by atoms with E-state index in [-0.39, 0.29) is 11.9 Å². The smallest absolute Gasteiger partial charge is 0.313 e. The van der Waals surface area contributed by atoms with Crippen LogP contribution in [0.1, 0.15) is 24.3 Å². The molecular weight excluding hydrogens is 284 g/mol. The number of carbonyl (C=O) groups excluding carboxylic acids is 1. The molecule has 0 N–H and O–H groups in total. The highest BCUT2D eigenvalue weighted by molar-refractivity contribution is 9.10. The van der Waals surface area contributed by atoms with Gasteiger partial charge in [-0.25, -0.2) is 0 Å². The molecule has 0 amide bonds. The first-order valence-electron chi connectivity index (χ1n) is 5.58. The Morgan fingerprint density at radius 2 is 2.12 bits per heavy atom. The molecule has 1 saturated carbocycles. The Morgan fingerprint density at radius 3 is 2.65 bits per heavy atom. The minimum Gasteiger partial charge on any atom is -0.497 e. The van der Waals surface area contributed by atoms with Crippen molar-refractivity contribution in [1.82, 2.24) is 0 Å². The third-order valence-corrected chi connectivity index (χ3v) is 3.81. The molecule has 1 fully saturated rings. The first-order valence-corrected chi connectivity index (χ1v) is 6.38. The van der Waals surface area contributed by atoms with Crippen molar-refractivity contribution in [3.8, 4) is 5.75 Å². The summed E-state index contributed by atoms with van der Waals surface area (Å²) in [6.45, 7) is 0. The SMILES string of the molecule is COC(=O)C(c1cc(OC)ccc1Br)C1CC1. The van der Waals surface area contributed by atoms with Crippen LogP contribution in [0.2, 0.25) is 0 Å². The van der Waals surface area contributed by atoms with Crippen molar-refractivity contribution < 1.29 is 14.3 Å². The van der Waals surface area contributed by atoms with Crippen molar-refractivity contribution in [3.63, 3.8) is 0 Å². The Balaban J connectivity index is 2.37.